The molecule has 0 radical (unpaired) electrons. The van der Waals surface area contributed by atoms with Gasteiger partial charge in [0.05, 0.1) is 26.2 Å². The van der Waals surface area contributed by atoms with Gasteiger partial charge in [-0.2, -0.15) is 0 Å². The van der Waals surface area contributed by atoms with Gasteiger partial charge >= 0.3 is 0 Å². The Morgan fingerprint density at radius 3 is 2.58 bits per heavy atom. The molecule has 3 aromatic rings. The summed E-state index contributed by atoms with van der Waals surface area (Å²) in [5.41, 5.74) is 1.56. The minimum absolute atomic E-state index is 0.00745. The summed E-state index contributed by atoms with van der Waals surface area (Å²) in [4.78, 5) is 25.9. The number of ether oxygens (including phenoxy) is 3. The van der Waals surface area contributed by atoms with E-state index < -0.39 is 11.5 Å². The summed E-state index contributed by atoms with van der Waals surface area (Å²) in [5, 5.41) is 3.44. The van der Waals surface area contributed by atoms with E-state index in [1.807, 2.05) is 13.8 Å². The number of carbonyl (C=O) groups is 2. The van der Waals surface area contributed by atoms with Gasteiger partial charge in [0.15, 0.2) is 23.0 Å². The number of Topliss-reactive ketones (excluding diaryl/α,β-unsaturated/α-hetero) is 1. The first-order chi connectivity index (χ1) is 14.8. The maximum absolute atomic E-state index is 13.0. The van der Waals surface area contributed by atoms with E-state index in [2.05, 4.69) is 5.32 Å². The van der Waals surface area contributed by atoms with Crippen molar-refractivity contribution < 1.29 is 28.2 Å². The fourth-order valence-corrected chi connectivity index (χ4v) is 3.93. The molecule has 1 aliphatic heterocycles. The van der Waals surface area contributed by atoms with Gasteiger partial charge in [-0.15, -0.1) is 0 Å². The fourth-order valence-electron chi connectivity index (χ4n) is 3.93. The monoisotopic (exact) mass is 423 g/mol. The highest BCUT2D eigenvalue weighted by atomic mass is 16.5. The first-order valence-electron chi connectivity index (χ1n) is 10.1. The van der Waals surface area contributed by atoms with Crippen molar-refractivity contribution in [2.75, 3.05) is 19.5 Å². The Balaban J connectivity index is 1.71. The average molecular weight is 423 g/mol. The van der Waals surface area contributed by atoms with Crippen LogP contribution in [0, 0.1) is 6.92 Å². The van der Waals surface area contributed by atoms with Crippen molar-refractivity contribution in [2.24, 2.45) is 0 Å². The van der Waals surface area contributed by atoms with Gasteiger partial charge in [-0.3, -0.25) is 9.59 Å². The molecule has 0 saturated heterocycles. The van der Waals surface area contributed by atoms with Crippen LogP contribution in [0.4, 0.5) is 5.69 Å². The summed E-state index contributed by atoms with van der Waals surface area (Å²) >= 11 is 0. The van der Waals surface area contributed by atoms with Crippen molar-refractivity contribution >= 4 is 28.3 Å². The van der Waals surface area contributed by atoms with Crippen molar-refractivity contribution in [1.29, 1.82) is 0 Å². The molecule has 31 heavy (non-hydrogen) atoms. The zero-order chi connectivity index (χ0) is 22.3. The number of carbonyl (C=O) groups excluding carboxylic acids is 2. The molecule has 162 valence electrons. The van der Waals surface area contributed by atoms with Crippen LogP contribution in [0.15, 0.2) is 34.7 Å². The first-order valence-corrected chi connectivity index (χ1v) is 10.1. The summed E-state index contributed by atoms with van der Waals surface area (Å²) in [6.45, 7) is 5.70. The highest BCUT2D eigenvalue weighted by molar-refractivity contribution is 6.14. The highest BCUT2D eigenvalue weighted by Gasteiger charge is 2.37. The lowest BCUT2D eigenvalue weighted by molar-refractivity contribution is 0.0503. The number of aryl methyl sites for hydroxylation is 1. The Bertz CT molecular complexity index is 1190. The number of anilines is 1. The molecule has 0 unspecified atom stereocenters. The van der Waals surface area contributed by atoms with E-state index in [-0.39, 0.29) is 18.0 Å². The zero-order valence-corrected chi connectivity index (χ0v) is 18.3. The summed E-state index contributed by atoms with van der Waals surface area (Å²) in [6, 6.07) is 8.56. The lowest BCUT2D eigenvalue weighted by Crippen LogP contribution is -2.38. The van der Waals surface area contributed by atoms with Crippen LogP contribution in [0.1, 0.15) is 53.2 Å². The zero-order valence-electron chi connectivity index (χ0n) is 18.3. The van der Waals surface area contributed by atoms with Crippen molar-refractivity contribution in [3.05, 3.63) is 47.2 Å². The van der Waals surface area contributed by atoms with Crippen LogP contribution in [0.2, 0.25) is 0 Å². The number of benzene rings is 2. The minimum Gasteiger partial charge on any atom is -0.493 e. The Kier molecular flexibility index (Phi) is 5.13. The van der Waals surface area contributed by atoms with Crippen molar-refractivity contribution in [3.8, 4) is 17.2 Å². The third-order valence-corrected chi connectivity index (χ3v) is 5.82. The van der Waals surface area contributed by atoms with Crippen molar-refractivity contribution in [2.45, 2.75) is 39.2 Å². The summed E-state index contributed by atoms with van der Waals surface area (Å²) < 4.78 is 22.5. The molecular formula is C24H25NO6. The molecule has 1 N–H and O–H groups in total. The van der Waals surface area contributed by atoms with E-state index >= 15 is 0 Å². The summed E-state index contributed by atoms with van der Waals surface area (Å²) in [5.74, 6) is 1.31. The van der Waals surface area contributed by atoms with Crippen molar-refractivity contribution in [3.63, 3.8) is 0 Å². The second-order valence-corrected chi connectivity index (χ2v) is 7.90. The van der Waals surface area contributed by atoms with Gasteiger partial charge in [-0.05, 0) is 44.5 Å². The number of hydrogen-bond donors (Lipinski definition) is 1. The third-order valence-electron chi connectivity index (χ3n) is 5.82. The Morgan fingerprint density at radius 2 is 1.90 bits per heavy atom. The largest absolute Gasteiger partial charge is 0.493 e. The minimum atomic E-state index is -0.525. The number of amides is 1. The van der Waals surface area contributed by atoms with Crippen LogP contribution in [-0.4, -0.2) is 31.5 Å². The summed E-state index contributed by atoms with van der Waals surface area (Å²) in [7, 11) is 3.07. The van der Waals surface area contributed by atoms with Gasteiger partial charge in [-0.1, -0.05) is 6.92 Å². The quantitative estimate of drug-likeness (QED) is 0.611. The number of nitrogens with one attached hydrogen (secondary N) is 1. The molecule has 0 fully saturated rings. The maximum atomic E-state index is 13.0. The number of furan rings is 1. The molecule has 0 spiro atoms. The number of hydrogen-bond acceptors (Lipinski definition) is 6. The van der Waals surface area contributed by atoms with Crippen LogP contribution >= 0.6 is 0 Å². The molecule has 1 amide bonds. The lowest BCUT2D eigenvalue weighted by Gasteiger charge is -2.34. The Labute approximate surface area is 180 Å². The van der Waals surface area contributed by atoms with Gasteiger partial charge in [0.2, 0.25) is 0 Å². The predicted molar refractivity (Wildman–Crippen MR) is 117 cm³/mol. The van der Waals surface area contributed by atoms with E-state index in [0.717, 1.165) is 6.42 Å². The van der Waals surface area contributed by atoms with Gasteiger partial charge in [0.25, 0.3) is 5.91 Å². The molecule has 7 nitrogen and oxygen atoms in total. The number of rotatable bonds is 5. The molecule has 0 bridgehead atoms. The van der Waals surface area contributed by atoms with Crippen LogP contribution in [0.25, 0.3) is 11.0 Å². The average Bonchev–Trinajstić information content (AvgIpc) is 3.10. The predicted octanol–water partition coefficient (Wildman–Crippen LogP) is 5.14. The topological polar surface area (TPSA) is 87.0 Å². The van der Waals surface area contributed by atoms with Gasteiger partial charge in [0.1, 0.15) is 16.9 Å². The SMILES string of the molecule is CC[C@@]1(C)CC(=O)c2c(ccc3oc(C(=O)Nc4ccc(OC)c(OC)c4)c(C)c23)O1. The Hall–Kier alpha value is -3.48. The van der Waals surface area contributed by atoms with Gasteiger partial charge in [-0.25, -0.2) is 0 Å². The smallest absolute Gasteiger partial charge is 0.291 e. The molecule has 1 atom stereocenters. The van der Waals surface area contributed by atoms with E-state index in [1.54, 1.807) is 44.4 Å². The number of methoxy groups -OCH3 is 2. The van der Waals surface area contributed by atoms with Crippen molar-refractivity contribution in [1.82, 2.24) is 0 Å². The highest BCUT2D eigenvalue weighted by Crippen LogP contribution is 2.41. The third kappa shape index (κ3) is 3.50. The maximum Gasteiger partial charge on any atom is 0.291 e. The van der Waals surface area contributed by atoms with Crippen LogP contribution < -0.4 is 19.5 Å². The summed E-state index contributed by atoms with van der Waals surface area (Å²) in [6.07, 6.45) is 1.01. The molecule has 0 aliphatic carbocycles. The van der Waals surface area contributed by atoms with Crippen LogP contribution in [-0.2, 0) is 0 Å². The van der Waals surface area contributed by atoms with Gasteiger partial charge in [0, 0.05) is 22.7 Å². The first kappa shape index (κ1) is 20.8. The molecule has 2 aromatic carbocycles. The van der Waals surface area contributed by atoms with Crippen LogP contribution in [0.5, 0.6) is 17.2 Å². The molecule has 1 aromatic heterocycles. The number of ketones is 1. The van der Waals surface area contributed by atoms with Crippen LogP contribution in [0.3, 0.4) is 0 Å². The lowest BCUT2D eigenvalue weighted by atomic mass is 9.87. The normalized spacial score (nSPS) is 17.8. The fraction of sp³-hybridized carbons (Fsp3) is 0.333. The Morgan fingerprint density at radius 1 is 1.16 bits per heavy atom. The molecule has 0 saturated carbocycles. The van der Waals surface area contributed by atoms with E-state index in [1.165, 1.54) is 7.11 Å². The second kappa shape index (κ2) is 7.65. The molecule has 2 heterocycles. The molecule has 7 heteroatoms. The molecular weight excluding hydrogens is 398 g/mol. The van der Waals surface area contributed by atoms with E-state index in [4.69, 9.17) is 18.6 Å². The standard InChI is InChI=1S/C24H25NO6/c1-6-24(3)12-15(26)21-18(31-24)10-9-17-20(21)13(2)22(30-17)23(27)25-14-7-8-16(28-4)19(11-14)29-5/h7-11H,6,12H2,1-5H3,(H,25,27)/t24-/m0/s1. The van der Waals surface area contributed by atoms with E-state index in [9.17, 15) is 9.59 Å². The number of fused-ring (bicyclic) bond motifs is 3. The van der Waals surface area contributed by atoms with Gasteiger partial charge < -0.3 is 23.9 Å². The van der Waals surface area contributed by atoms with E-state index in [0.29, 0.717) is 45.0 Å². The molecule has 1 aliphatic rings. The second-order valence-electron chi connectivity index (χ2n) is 7.90. The molecule has 4 rings (SSSR count).